The van der Waals surface area contributed by atoms with Gasteiger partial charge in [0.1, 0.15) is 9.21 Å². The Morgan fingerprint density at radius 2 is 2.08 bits per heavy atom. The Labute approximate surface area is 96.9 Å². The lowest BCUT2D eigenvalue weighted by atomic mass is 10.6. The fourth-order valence-corrected chi connectivity index (χ4v) is 1.10. The van der Waals surface area contributed by atoms with E-state index in [1.807, 2.05) is 0 Å². The van der Waals surface area contributed by atoms with Gasteiger partial charge in [0.2, 0.25) is 0 Å². The first-order chi connectivity index (χ1) is 7.91. The fourth-order valence-electron chi connectivity index (χ4n) is 0.680. The molecule has 0 saturated carbocycles. The lowest BCUT2D eigenvalue weighted by molar-refractivity contribution is 0.827. The van der Waals surface area contributed by atoms with Crippen molar-refractivity contribution in [3.05, 3.63) is 33.8 Å². The van der Waals surface area contributed by atoms with Gasteiger partial charge >= 0.3 is 0 Å². The zero-order valence-electron chi connectivity index (χ0n) is 10.0. The van der Waals surface area contributed by atoms with Crippen LogP contribution < -0.4 is 0 Å². The standard InChI is InChI=1S/C7H4Br2N4/c8-5-1-2-13(12-5)7-4-10-6(9)3-11-7/h1-4H/i1D,2D,3D,4D. The van der Waals surface area contributed by atoms with Crippen molar-refractivity contribution in [2.24, 2.45) is 0 Å². The van der Waals surface area contributed by atoms with Gasteiger partial charge < -0.3 is 0 Å². The smallest absolute Gasteiger partial charge is 0.171 e. The van der Waals surface area contributed by atoms with Crippen molar-refractivity contribution in [3.8, 4) is 5.82 Å². The number of rotatable bonds is 1. The van der Waals surface area contributed by atoms with Crippen molar-refractivity contribution in [1.29, 1.82) is 0 Å². The normalized spacial score (nSPS) is 14.6. The summed E-state index contributed by atoms with van der Waals surface area (Å²) in [4.78, 5) is 7.55. The molecule has 4 nitrogen and oxygen atoms in total. The summed E-state index contributed by atoms with van der Waals surface area (Å²) < 4.78 is 31.5. The number of nitrogens with zero attached hydrogens (tertiary/aromatic N) is 4. The first-order valence-electron chi connectivity index (χ1n) is 5.14. The van der Waals surface area contributed by atoms with Gasteiger partial charge in [-0.2, -0.15) is 5.10 Å². The van der Waals surface area contributed by atoms with Crippen LogP contribution in [0.25, 0.3) is 5.82 Å². The van der Waals surface area contributed by atoms with Crippen LogP contribution >= 0.6 is 31.9 Å². The molecule has 66 valence electrons. The highest BCUT2D eigenvalue weighted by Crippen LogP contribution is 2.09. The second-order valence-corrected chi connectivity index (χ2v) is 3.50. The zero-order valence-corrected chi connectivity index (χ0v) is 9.22. The maximum atomic E-state index is 7.63. The van der Waals surface area contributed by atoms with Gasteiger partial charge in [-0.15, -0.1) is 0 Å². The largest absolute Gasteiger partial charge is 0.244 e. The summed E-state index contributed by atoms with van der Waals surface area (Å²) in [5.41, 5.74) is 0. The number of aromatic nitrogens is 4. The zero-order chi connectivity index (χ0) is 12.7. The lowest BCUT2D eigenvalue weighted by Gasteiger charge is -1.97. The van der Waals surface area contributed by atoms with E-state index in [1.54, 1.807) is 0 Å². The molecule has 0 aliphatic rings. The van der Waals surface area contributed by atoms with Gasteiger partial charge in [-0.05, 0) is 37.9 Å². The molecule has 0 radical (unpaired) electrons. The van der Waals surface area contributed by atoms with Gasteiger partial charge in [-0.1, -0.05) is 0 Å². The molecule has 0 N–H and O–H groups in total. The Balaban J connectivity index is 2.68. The third kappa shape index (κ3) is 1.94. The number of halogens is 2. The van der Waals surface area contributed by atoms with Crippen LogP contribution in [0.5, 0.6) is 0 Å². The summed E-state index contributed by atoms with van der Waals surface area (Å²) in [5.74, 6) is -0.0533. The first-order valence-corrected chi connectivity index (χ1v) is 4.73. The monoisotopic (exact) mass is 306 g/mol. The molecule has 0 spiro atoms. The van der Waals surface area contributed by atoms with Gasteiger partial charge in [0, 0.05) is 6.17 Å². The van der Waals surface area contributed by atoms with Crippen LogP contribution in [-0.2, 0) is 0 Å². The van der Waals surface area contributed by atoms with E-state index in [-0.39, 0.29) is 39.6 Å². The molecule has 0 aliphatic carbocycles. The van der Waals surface area contributed by atoms with Gasteiger partial charge in [-0.25, -0.2) is 14.6 Å². The van der Waals surface area contributed by atoms with Crippen molar-refractivity contribution in [3.63, 3.8) is 0 Å². The highest BCUT2D eigenvalue weighted by molar-refractivity contribution is 9.10. The molecule has 0 fully saturated rings. The number of hydrogen-bond acceptors (Lipinski definition) is 3. The minimum absolute atomic E-state index is 0.0533. The topological polar surface area (TPSA) is 43.6 Å². The molecule has 0 atom stereocenters. The van der Waals surface area contributed by atoms with E-state index in [1.165, 1.54) is 0 Å². The SMILES string of the molecule is [2H]c1nc(-n2nc(Br)c([2H])c2[2H])c([2H])nc1Br. The van der Waals surface area contributed by atoms with E-state index in [4.69, 9.17) is 5.48 Å². The van der Waals surface area contributed by atoms with E-state index in [0.29, 0.717) is 0 Å². The van der Waals surface area contributed by atoms with Crippen molar-refractivity contribution in [1.82, 2.24) is 19.7 Å². The van der Waals surface area contributed by atoms with Gasteiger partial charge in [0.25, 0.3) is 0 Å². The molecule has 2 rings (SSSR count). The highest BCUT2D eigenvalue weighted by Gasteiger charge is 1.99. The third-order valence-electron chi connectivity index (χ3n) is 1.16. The Morgan fingerprint density at radius 1 is 1.23 bits per heavy atom. The first kappa shape index (κ1) is 5.21. The minimum Gasteiger partial charge on any atom is -0.244 e. The van der Waals surface area contributed by atoms with Gasteiger partial charge in [0.05, 0.1) is 17.8 Å². The second-order valence-electron chi connectivity index (χ2n) is 2.00. The van der Waals surface area contributed by atoms with E-state index in [9.17, 15) is 0 Å². The summed E-state index contributed by atoms with van der Waals surface area (Å²) in [6.07, 6.45) is -0.605. The summed E-state index contributed by atoms with van der Waals surface area (Å²) in [6.45, 7) is 0. The highest BCUT2D eigenvalue weighted by atomic mass is 79.9. The second kappa shape index (κ2) is 3.55. The quantitative estimate of drug-likeness (QED) is 0.811. The molecule has 6 heteroatoms. The molecule has 0 bridgehead atoms. The van der Waals surface area contributed by atoms with E-state index >= 15 is 0 Å². The number of hydrogen-bond donors (Lipinski definition) is 0. The predicted octanol–water partition coefficient (Wildman–Crippen LogP) is 2.19. The Hall–Kier alpha value is -0.750. The van der Waals surface area contributed by atoms with Crippen LogP contribution in [0.4, 0.5) is 0 Å². The summed E-state index contributed by atoms with van der Waals surface area (Å²) in [6, 6.07) is -0.111. The molecular weight excluding hydrogens is 300 g/mol. The van der Waals surface area contributed by atoms with Crippen molar-refractivity contribution in [2.75, 3.05) is 0 Å². The van der Waals surface area contributed by atoms with Crippen molar-refractivity contribution < 1.29 is 5.48 Å². The molecule has 0 saturated heterocycles. The molecule has 0 amide bonds. The van der Waals surface area contributed by atoms with E-state index in [2.05, 4.69) is 46.9 Å². The van der Waals surface area contributed by atoms with Crippen LogP contribution in [-0.4, -0.2) is 19.7 Å². The molecule has 2 aromatic rings. The predicted molar refractivity (Wildman–Crippen MR) is 54.6 cm³/mol. The van der Waals surface area contributed by atoms with Gasteiger partial charge in [0.15, 0.2) is 5.82 Å². The molecule has 0 unspecified atom stereocenters. The van der Waals surface area contributed by atoms with E-state index < -0.39 is 0 Å². The van der Waals surface area contributed by atoms with Crippen LogP contribution in [0.2, 0.25) is 0 Å². The fraction of sp³-hybridized carbons (Fsp3) is 0. The van der Waals surface area contributed by atoms with Crippen LogP contribution in [0.1, 0.15) is 5.48 Å². The van der Waals surface area contributed by atoms with Crippen LogP contribution in [0, 0.1) is 0 Å². The average molecular weight is 308 g/mol. The summed E-state index contributed by atoms with van der Waals surface area (Å²) >= 11 is 6.00. The molecule has 0 aromatic carbocycles. The third-order valence-corrected chi connectivity index (χ3v) is 1.87. The molecule has 2 heterocycles. The maximum Gasteiger partial charge on any atom is 0.171 e. The molecule has 0 aliphatic heterocycles. The van der Waals surface area contributed by atoms with Crippen molar-refractivity contribution >= 4 is 31.9 Å². The Bertz CT molecular complexity index is 600. The molecule has 13 heavy (non-hydrogen) atoms. The Morgan fingerprint density at radius 3 is 2.77 bits per heavy atom. The van der Waals surface area contributed by atoms with Crippen LogP contribution in [0.3, 0.4) is 0 Å². The Kier molecular flexibility index (Phi) is 1.42. The van der Waals surface area contributed by atoms with Gasteiger partial charge in [-0.3, -0.25) is 0 Å². The summed E-state index contributed by atoms with van der Waals surface area (Å²) in [7, 11) is 0. The van der Waals surface area contributed by atoms with Crippen molar-refractivity contribution in [2.45, 2.75) is 0 Å². The summed E-state index contributed by atoms with van der Waals surface area (Å²) in [5, 5.41) is 3.85. The van der Waals surface area contributed by atoms with E-state index in [0.717, 1.165) is 4.68 Å². The van der Waals surface area contributed by atoms with Crippen LogP contribution in [0.15, 0.2) is 33.8 Å². The minimum atomic E-state index is -0.226. The lowest BCUT2D eigenvalue weighted by Crippen LogP contribution is -1.98. The molecular formula is C7H4Br2N4. The average Bonchev–Trinajstić information content (AvgIpc) is 2.51. The molecule has 2 aromatic heterocycles. The maximum absolute atomic E-state index is 7.63.